The van der Waals surface area contributed by atoms with E-state index in [0.717, 1.165) is 44.0 Å². The molecule has 0 N–H and O–H groups in total. The number of nitrogens with zero attached hydrogens (tertiary/aromatic N) is 5. The SMILES string of the molecule is Cc1ccnn1CC(=O)N1CCC[C@H](c2nccn2Cc2ccccc2)C1. The third-order valence-electron chi connectivity index (χ3n) is 5.30. The van der Waals surface area contributed by atoms with Crippen molar-refractivity contribution < 1.29 is 4.79 Å². The first kappa shape index (κ1) is 17.5. The van der Waals surface area contributed by atoms with Gasteiger partial charge in [-0.25, -0.2) is 4.98 Å². The Hall–Kier alpha value is -2.89. The highest BCUT2D eigenvalue weighted by Gasteiger charge is 2.27. The van der Waals surface area contributed by atoms with Gasteiger partial charge in [0.05, 0.1) is 0 Å². The monoisotopic (exact) mass is 363 g/mol. The van der Waals surface area contributed by atoms with Gasteiger partial charge < -0.3 is 9.47 Å². The Morgan fingerprint density at radius 3 is 2.81 bits per heavy atom. The van der Waals surface area contributed by atoms with Gasteiger partial charge >= 0.3 is 0 Å². The number of aryl methyl sites for hydroxylation is 1. The maximum atomic E-state index is 12.7. The van der Waals surface area contributed by atoms with Gasteiger partial charge in [0.1, 0.15) is 12.4 Å². The largest absolute Gasteiger partial charge is 0.340 e. The van der Waals surface area contributed by atoms with E-state index in [1.54, 1.807) is 10.9 Å². The molecule has 1 atom stereocenters. The van der Waals surface area contributed by atoms with Crippen molar-refractivity contribution in [3.8, 4) is 0 Å². The predicted octanol–water partition coefficient (Wildman–Crippen LogP) is 2.84. The van der Waals surface area contributed by atoms with Crippen LogP contribution in [0.15, 0.2) is 55.0 Å². The summed E-state index contributed by atoms with van der Waals surface area (Å²) in [6.07, 6.45) is 7.72. The van der Waals surface area contributed by atoms with Crippen molar-refractivity contribution in [2.75, 3.05) is 13.1 Å². The van der Waals surface area contributed by atoms with Crippen LogP contribution in [0.25, 0.3) is 0 Å². The molecule has 1 aliphatic rings. The minimum absolute atomic E-state index is 0.132. The minimum Gasteiger partial charge on any atom is -0.340 e. The highest BCUT2D eigenvalue weighted by atomic mass is 16.2. The zero-order valence-corrected chi connectivity index (χ0v) is 15.7. The van der Waals surface area contributed by atoms with E-state index in [9.17, 15) is 4.79 Å². The number of hydrogen-bond donors (Lipinski definition) is 0. The van der Waals surface area contributed by atoms with E-state index >= 15 is 0 Å². The molecule has 2 aromatic heterocycles. The molecule has 0 radical (unpaired) electrons. The molecule has 1 amide bonds. The Balaban J connectivity index is 1.45. The molecule has 3 aromatic rings. The summed E-state index contributed by atoms with van der Waals surface area (Å²) in [5.41, 5.74) is 2.27. The molecule has 0 aliphatic carbocycles. The van der Waals surface area contributed by atoms with Crippen LogP contribution in [0.3, 0.4) is 0 Å². The summed E-state index contributed by atoms with van der Waals surface area (Å²) in [6, 6.07) is 12.3. The van der Waals surface area contributed by atoms with Gasteiger partial charge in [0, 0.05) is 49.8 Å². The molecule has 140 valence electrons. The summed E-state index contributed by atoms with van der Waals surface area (Å²) in [5, 5.41) is 4.23. The summed E-state index contributed by atoms with van der Waals surface area (Å²) in [6.45, 7) is 4.64. The molecule has 0 spiro atoms. The molecular weight excluding hydrogens is 338 g/mol. The van der Waals surface area contributed by atoms with E-state index < -0.39 is 0 Å². The van der Waals surface area contributed by atoms with E-state index in [1.165, 1.54) is 5.56 Å². The predicted molar refractivity (Wildman–Crippen MR) is 103 cm³/mol. The van der Waals surface area contributed by atoms with Crippen molar-refractivity contribution >= 4 is 5.91 Å². The molecule has 1 aromatic carbocycles. The van der Waals surface area contributed by atoms with Gasteiger partial charge in [-0.3, -0.25) is 9.48 Å². The molecule has 4 rings (SSSR count). The number of amides is 1. The number of piperidine rings is 1. The van der Waals surface area contributed by atoms with Crippen LogP contribution in [-0.4, -0.2) is 43.2 Å². The lowest BCUT2D eigenvalue weighted by Crippen LogP contribution is -2.41. The van der Waals surface area contributed by atoms with E-state index in [0.29, 0.717) is 6.54 Å². The number of carbonyl (C=O) groups is 1. The van der Waals surface area contributed by atoms with Crippen LogP contribution in [0.5, 0.6) is 0 Å². The van der Waals surface area contributed by atoms with Crippen LogP contribution in [0, 0.1) is 6.92 Å². The lowest BCUT2D eigenvalue weighted by atomic mass is 9.97. The molecule has 1 fully saturated rings. The minimum atomic E-state index is 0.132. The zero-order valence-electron chi connectivity index (χ0n) is 15.7. The molecule has 0 saturated carbocycles. The second kappa shape index (κ2) is 7.78. The lowest BCUT2D eigenvalue weighted by molar-refractivity contribution is -0.133. The van der Waals surface area contributed by atoms with E-state index in [1.807, 2.05) is 36.4 Å². The zero-order chi connectivity index (χ0) is 18.6. The Morgan fingerprint density at radius 1 is 1.19 bits per heavy atom. The summed E-state index contributed by atoms with van der Waals surface area (Å²) in [7, 11) is 0. The first-order valence-electron chi connectivity index (χ1n) is 9.52. The molecule has 3 heterocycles. The van der Waals surface area contributed by atoms with Crippen LogP contribution in [-0.2, 0) is 17.9 Å². The first-order valence-corrected chi connectivity index (χ1v) is 9.52. The molecular formula is C21H25N5O. The summed E-state index contributed by atoms with van der Waals surface area (Å²) < 4.78 is 3.98. The Kier molecular flexibility index (Phi) is 5.05. The molecule has 0 bridgehead atoms. The van der Waals surface area contributed by atoms with Gasteiger partial charge in [0.2, 0.25) is 5.91 Å². The number of hydrogen-bond acceptors (Lipinski definition) is 3. The van der Waals surface area contributed by atoms with Crippen molar-refractivity contribution in [2.24, 2.45) is 0 Å². The second-order valence-electron chi connectivity index (χ2n) is 7.21. The molecule has 6 heteroatoms. The number of benzene rings is 1. The van der Waals surface area contributed by atoms with Crippen molar-refractivity contribution in [3.05, 3.63) is 72.1 Å². The van der Waals surface area contributed by atoms with Crippen LogP contribution in [0.4, 0.5) is 0 Å². The average Bonchev–Trinajstić information content (AvgIpc) is 3.32. The second-order valence-corrected chi connectivity index (χ2v) is 7.21. The topological polar surface area (TPSA) is 56.0 Å². The maximum Gasteiger partial charge on any atom is 0.244 e. The average molecular weight is 363 g/mol. The Bertz CT molecular complexity index is 898. The van der Waals surface area contributed by atoms with Crippen molar-refractivity contribution in [3.63, 3.8) is 0 Å². The molecule has 6 nitrogen and oxygen atoms in total. The smallest absolute Gasteiger partial charge is 0.244 e. The van der Waals surface area contributed by atoms with E-state index in [-0.39, 0.29) is 11.8 Å². The number of aromatic nitrogens is 4. The highest BCUT2D eigenvalue weighted by Crippen LogP contribution is 2.26. The van der Waals surface area contributed by atoms with Crippen molar-refractivity contribution in [1.82, 2.24) is 24.2 Å². The summed E-state index contributed by atoms with van der Waals surface area (Å²) in [5.74, 6) is 1.49. The fourth-order valence-electron chi connectivity index (χ4n) is 3.80. The van der Waals surface area contributed by atoms with Crippen molar-refractivity contribution in [1.29, 1.82) is 0 Å². The third-order valence-corrected chi connectivity index (χ3v) is 5.30. The number of likely N-dealkylation sites (tertiary alicyclic amines) is 1. The number of rotatable bonds is 5. The standard InChI is InChI=1S/C21H25N5O/c1-17-9-10-23-26(17)16-20(27)24-12-5-8-19(15-24)21-22-11-13-25(21)14-18-6-3-2-4-7-18/h2-4,6-7,9-11,13,19H,5,8,12,14-16H2,1H3/t19-/m0/s1. The van der Waals surface area contributed by atoms with Gasteiger partial charge in [-0.2, -0.15) is 5.10 Å². The normalized spacial score (nSPS) is 17.2. The molecule has 27 heavy (non-hydrogen) atoms. The highest BCUT2D eigenvalue weighted by molar-refractivity contribution is 5.76. The summed E-state index contributed by atoms with van der Waals surface area (Å²) in [4.78, 5) is 19.3. The van der Waals surface area contributed by atoms with Crippen molar-refractivity contribution in [2.45, 2.75) is 38.8 Å². The molecule has 1 saturated heterocycles. The molecule has 0 unspecified atom stereocenters. The van der Waals surface area contributed by atoms with Crippen LogP contribution >= 0.6 is 0 Å². The van der Waals surface area contributed by atoms with Crippen LogP contribution < -0.4 is 0 Å². The van der Waals surface area contributed by atoms with Gasteiger partial charge in [-0.05, 0) is 31.4 Å². The Labute approximate surface area is 159 Å². The van der Waals surface area contributed by atoms with Crippen LogP contribution in [0.1, 0.15) is 35.8 Å². The molecule has 1 aliphatic heterocycles. The van der Waals surface area contributed by atoms with E-state index in [2.05, 4.69) is 38.9 Å². The third kappa shape index (κ3) is 3.94. The van der Waals surface area contributed by atoms with E-state index in [4.69, 9.17) is 0 Å². The fraction of sp³-hybridized carbons (Fsp3) is 0.381. The Morgan fingerprint density at radius 2 is 2.04 bits per heavy atom. The lowest BCUT2D eigenvalue weighted by Gasteiger charge is -2.33. The van der Waals surface area contributed by atoms with Gasteiger partial charge in [-0.15, -0.1) is 0 Å². The number of imidazole rings is 1. The van der Waals surface area contributed by atoms with Gasteiger partial charge in [0.25, 0.3) is 0 Å². The summed E-state index contributed by atoms with van der Waals surface area (Å²) >= 11 is 0. The number of carbonyl (C=O) groups excluding carboxylic acids is 1. The first-order chi connectivity index (χ1) is 13.2. The maximum absolute atomic E-state index is 12.7. The fourth-order valence-corrected chi connectivity index (χ4v) is 3.80. The van der Waals surface area contributed by atoms with Gasteiger partial charge in [-0.1, -0.05) is 30.3 Å². The van der Waals surface area contributed by atoms with Crippen LogP contribution in [0.2, 0.25) is 0 Å². The van der Waals surface area contributed by atoms with Gasteiger partial charge in [0.15, 0.2) is 0 Å². The quantitative estimate of drug-likeness (QED) is 0.700.